The van der Waals surface area contributed by atoms with Crippen LogP contribution in [0.5, 0.6) is 17.2 Å². The number of rotatable bonds is 8. The standard InChI is InChI=1S/C29H24ClN5O6S/c1-39-22-9-7-17(30)11-20(22)32-26(37)14-42-29-33-19-5-3-2-4-18(19)27-34-28(38)21(35(27)29)12-25(36)31-13-16-6-8-23-24(10-16)41-15-40-23/h2-11,21H,12-15H2,1H3,(H,31,36)(H,32,37). The second-order valence-electron chi connectivity index (χ2n) is 9.42. The zero-order valence-corrected chi connectivity index (χ0v) is 23.8. The number of hydrogen-bond acceptors (Lipinski definition) is 9. The molecule has 0 fully saturated rings. The fourth-order valence-corrected chi connectivity index (χ4v) is 5.72. The summed E-state index contributed by atoms with van der Waals surface area (Å²) in [5, 5.41) is 6.50. The molecule has 11 nitrogen and oxygen atoms in total. The lowest BCUT2D eigenvalue weighted by Crippen LogP contribution is -2.46. The molecule has 214 valence electrons. The summed E-state index contributed by atoms with van der Waals surface area (Å²) in [7, 11) is 1.50. The number of carbonyl (C=O) groups is 3. The molecule has 3 aliphatic heterocycles. The fraction of sp³-hybridized carbons (Fsp3) is 0.207. The molecule has 3 aliphatic rings. The summed E-state index contributed by atoms with van der Waals surface area (Å²) < 4.78 is 16.0. The van der Waals surface area contributed by atoms with Crippen LogP contribution in [0.15, 0.2) is 70.6 Å². The van der Waals surface area contributed by atoms with Crippen LogP contribution in [0.2, 0.25) is 5.02 Å². The Morgan fingerprint density at radius 3 is 2.76 bits per heavy atom. The Kier molecular flexibility index (Phi) is 7.72. The molecule has 42 heavy (non-hydrogen) atoms. The molecule has 2 N–H and O–H groups in total. The number of benzene rings is 3. The summed E-state index contributed by atoms with van der Waals surface area (Å²) in [5.74, 6) is 0.987. The summed E-state index contributed by atoms with van der Waals surface area (Å²) in [6, 6.07) is 16.7. The van der Waals surface area contributed by atoms with Crippen LogP contribution in [0, 0.1) is 0 Å². The summed E-state index contributed by atoms with van der Waals surface area (Å²) in [6.07, 6.45) is -0.149. The third-order valence-electron chi connectivity index (χ3n) is 6.68. The first-order chi connectivity index (χ1) is 20.4. The molecule has 0 spiro atoms. The third kappa shape index (κ3) is 5.63. The number of para-hydroxylation sites is 1. The second kappa shape index (κ2) is 11.7. The number of amidine groups is 2. The van der Waals surface area contributed by atoms with Crippen molar-refractivity contribution < 1.29 is 28.6 Å². The van der Waals surface area contributed by atoms with Gasteiger partial charge in [0.15, 0.2) is 16.7 Å². The monoisotopic (exact) mass is 605 g/mol. The van der Waals surface area contributed by atoms with Gasteiger partial charge in [-0.3, -0.25) is 19.3 Å². The predicted octanol–water partition coefficient (Wildman–Crippen LogP) is 4.11. The summed E-state index contributed by atoms with van der Waals surface area (Å²) in [6.45, 7) is 0.407. The van der Waals surface area contributed by atoms with Crippen molar-refractivity contribution in [2.45, 2.75) is 19.0 Å². The van der Waals surface area contributed by atoms with Crippen molar-refractivity contribution in [2.24, 2.45) is 9.98 Å². The lowest BCUT2D eigenvalue weighted by atomic mass is 10.1. The largest absolute Gasteiger partial charge is 0.495 e. The number of nitrogens with one attached hydrogen (secondary N) is 2. The van der Waals surface area contributed by atoms with Crippen LogP contribution in [0.1, 0.15) is 17.5 Å². The Labute approximate surface area is 249 Å². The number of thioether (sulfide) groups is 1. The van der Waals surface area contributed by atoms with Gasteiger partial charge in [0.2, 0.25) is 18.6 Å². The number of halogens is 1. The van der Waals surface area contributed by atoms with Crippen molar-refractivity contribution in [1.29, 1.82) is 0 Å². The van der Waals surface area contributed by atoms with Crippen molar-refractivity contribution in [2.75, 3.05) is 25.0 Å². The number of ether oxygens (including phenoxy) is 3. The highest BCUT2D eigenvalue weighted by Gasteiger charge is 2.42. The average Bonchev–Trinajstić information content (AvgIpc) is 3.59. The molecule has 0 aromatic heterocycles. The zero-order chi connectivity index (χ0) is 29.2. The van der Waals surface area contributed by atoms with Crippen LogP contribution >= 0.6 is 23.4 Å². The number of hydrogen-bond donors (Lipinski definition) is 2. The molecule has 3 amide bonds. The number of carbonyl (C=O) groups excluding carboxylic acids is 3. The first-order valence-electron chi connectivity index (χ1n) is 12.9. The van der Waals surface area contributed by atoms with Crippen molar-refractivity contribution in [1.82, 2.24) is 10.2 Å². The maximum absolute atomic E-state index is 13.1. The van der Waals surface area contributed by atoms with E-state index >= 15 is 0 Å². The minimum absolute atomic E-state index is 0.0301. The Morgan fingerprint density at radius 2 is 1.90 bits per heavy atom. The van der Waals surface area contributed by atoms with E-state index < -0.39 is 11.9 Å². The quantitative estimate of drug-likeness (QED) is 0.392. The van der Waals surface area contributed by atoms with Crippen molar-refractivity contribution in [3.8, 4) is 17.2 Å². The SMILES string of the molecule is COc1ccc(Cl)cc1NC(=O)CSC1=Nc2ccccc2C2=NC(=O)C(CC(=O)NCc3ccc4c(c3)OCO4)N12. The molecule has 3 heterocycles. The van der Waals surface area contributed by atoms with Crippen molar-refractivity contribution in [3.05, 3.63) is 76.8 Å². The molecule has 3 aromatic rings. The van der Waals surface area contributed by atoms with Gasteiger partial charge in [0, 0.05) is 17.1 Å². The average molecular weight is 606 g/mol. The molecule has 1 unspecified atom stereocenters. The van der Waals surface area contributed by atoms with E-state index in [1.807, 2.05) is 30.3 Å². The van der Waals surface area contributed by atoms with Gasteiger partial charge in [-0.1, -0.05) is 41.6 Å². The van der Waals surface area contributed by atoms with E-state index in [4.69, 9.17) is 30.8 Å². The van der Waals surface area contributed by atoms with Gasteiger partial charge in [0.05, 0.1) is 30.7 Å². The minimum Gasteiger partial charge on any atom is -0.495 e. The highest BCUT2D eigenvalue weighted by atomic mass is 35.5. The highest BCUT2D eigenvalue weighted by Crippen LogP contribution is 2.36. The van der Waals surface area contributed by atoms with E-state index in [-0.39, 0.29) is 37.3 Å². The first kappa shape index (κ1) is 27.6. The topological polar surface area (TPSA) is 131 Å². The Morgan fingerprint density at radius 1 is 1.07 bits per heavy atom. The minimum atomic E-state index is -0.910. The normalized spacial score (nSPS) is 16.3. The maximum Gasteiger partial charge on any atom is 0.271 e. The number of aliphatic imine (C=N–C) groups is 2. The van der Waals surface area contributed by atoms with Crippen LogP contribution in [0.25, 0.3) is 0 Å². The first-order valence-corrected chi connectivity index (χ1v) is 14.3. The molecular formula is C29H24ClN5O6S. The van der Waals surface area contributed by atoms with E-state index in [1.54, 1.807) is 35.2 Å². The molecule has 1 atom stereocenters. The van der Waals surface area contributed by atoms with Gasteiger partial charge in [0.1, 0.15) is 17.6 Å². The highest BCUT2D eigenvalue weighted by molar-refractivity contribution is 8.14. The molecule has 0 saturated carbocycles. The van der Waals surface area contributed by atoms with Crippen molar-refractivity contribution >= 4 is 63.5 Å². The van der Waals surface area contributed by atoms with E-state index in [2.05, 4.69) is 15.6 Å². The van der Waals surface area contributed by atoms with Gasteiger partial charge >= 0.3 is 0 Å². The van der Waals surface area contributed by atoms with Crippen molar-refractivity contribution in [3.63, 3.8) is 0 Å². The molecule has 0 aliphatic carbocycles. The van der Waals surface area contributed by atoms with Crippen LogP contribution in [0.4, 0.5) is 11.4 Å². The van der Waals surface area contributed by atoms with Gasteiger partial charge in [-0.2, -0.15) is 4.99 Å². The molecule has 0 bridgehead atoms. The molecule has 6 rings (SSSR count). The fourth-order valence-electron chi connectivity index (χ4n) is 4.70. The van der Waals surface area contributed by atoms with Crippen LogP contribution in [-0.2, 0) is 20.9 Å². The Hall–Kier alpha value is -4.55. The summed E-state index contributed by atoms with van der Waals surface area (Å²) in [4.78, 5) is 49.7. The lowest BCUT2D eigenvalue weighted by Gasteiger charge is -2.30. The number of nitrogens with zero attached hydrogens (tertiary/aromatic N) is 3. The number of anilines is 1. The number of fused-ring (bicyclic) bond motifs is 4. The van der Waals surface area contributed by atoms with E-state index in [1.165, 1.54) is 7.11 Å². The third-order valence-corrected chi connectivity index (χ3v) is 7.87. The van der Waals surface area contributed by atoms with E-state index in [9.17, 15) is 14.4 Å². The van der Waals surface area contributed by atoms with E-state index in [0.29, 0.717) is 50.2 Å². The number of methoxy groups -OCH3 is 1. The van der Waals surface area contributed by atoms with Crippen LogP contribution < -0.4 is 24.8 Å². The Balaban J connectivity index is 1.16. The van der Waals surface area contributed by atoms with Crippen LogP contribution in [0.3, 0.4) is 0 Å². The van der Waals surface area contributed by atoms with Gasteiger partial charge in [-0.15, -0.1) is 0 Å². The van der Waals surface area contributed by atoms with Gasteiger partial charge in [0.25, 0.3) is 5.91 Å². The van der Waals surface area contributed by atoms with Crippen LogP contribution in [-0.4, -0.2) is 59.3 Å². The van der Waals surface area contributed by atoms with Gasteiger partial charge < -0.3 is 24.8 Å². The maximum atomic E-state index is 13.1. The van der Waals surface area contributed by atoms with Gasteiger partial charge in [-0.25, -0.2) is 4.99 Å². The molecular weight excluding hydrogens is 582 g/mol. The molecule has 3 aromatic carbocycles. The molecule has 13 heteroatoms. The zero-order valence-electron chi connectivity index (χ0n) is 22.3. The molecule has 0 saturated heterocycles. The molecule has 0 radical (unpaired) electrons. The van der Waals surface area contributed by atoms with E-state index in [0.717, 1.165) is 17.3 Å². The Bertz CT molecular complexity index is 1660. The van der Waals surface area contributed by atoms with Gasteiger partial charge in [-0.05, 0) is 48.0 Å². The lowest BCUT2D eigenvalue weighted by molar-refractivity contribution is -0.126. The predicted molar refractivity (Wildman–Crippen MR) is 159 cm³/mol. The summed E-state index contributed by atoms with van der Waals surface area (Å²) in [5.41, 5.74) is 2.55. The number of amides is 3. The summed E-state index contributed by atoms with van der Waals surface area (Å²) >= 11 is 7.23. The second-order valence-corrected chi connectivity index (χ2v) is 10.8. The smallest absolute Gasteiger partial charge is 0.271 e.